The van der Waals surface area contributed by atoms with E-state index in [0.29, 0.717) is 26.8 Å². The summed E-state index contributed by atoms with van der Waals surface area (Å²) in [5.41, 5.74) is 0. The lowest BCUT2D eigenvalue weighted by Gasteiger charge is -2.07. The molecule has 0 atom stereocenters. The highest BCUT2D eigenvalue weighted by Crippen LogP contribution is 2.27. The lowest BCUT2D eigenvalue weighted by atomic mass is 10.3. The minimum Gasteiger partial charge on any atom is -0.483 e. The molecule has 0 aliphatic carbocycles. The molecule has 0 aliphatic heterocycles. The number of halogens is 2. The van der Waals surface area contributed by atoms with Crippen LogP contribution in [0.3, 0.4) is 0 Å². The van der Waals surface area contributed by atoms with E-state index in [1.54, 1.807) is 31.2 Å². The van der Waals surface area contributed by atoms with Crippen LogP contribution in [-0.2, 0) is 4.79 Å². The van der Waals surface area contributed by atoms with Crippen LogP contribution in [0.15, 0.2) is 33.3 Å². The van der Waals surface area contributed by atoms with Crippen molar-refractivity contribution in [1.29, 1.82) is 0 Å². The first-order chi connectivity index (χ1) is 9.04. The first-order valence-electron chi connectivity index (χ1n) is 5.35. The highest BCUT2D eigenvalue weighted by atomic mass is 79.9. The summed E-state index contributed by atoms with van der Waals surface area (Å²) < 4.78 is 10.9. The zero-order valence-corrected chi connectivity index (χ0v) is 12.3. The van der Waals surface area contributed by atoms with Gasteiger partial charge in [0.15, 0.2) is 12.4 Å². The summed E-state index contributed by atoms with van der Waals surface area (Å²) in [6.45, 7) is 1.61. The average Bonchev–Trinajstić information content (AvgIpc) is 2.73. The number of anilines is 1. The number of carbonyl (C=O) groups excluding carboxylic acids is 1. The van der Waals surface area contributed by atoms with Gasteiger partial charge in [-0.15, -0.1) is 0 Å². The largest absolute Gasteiger partial charge is 0.483 e. The second kappa shape index (κ2) is 6.08. The van der Waals surface area contributed by atoms with Crippen LogP contribution in [0.1, 0.15) is 5.76 Å². The maximum absolute atomic E-state index is 11.6. The van der Waals surface area contributed by atoms with Crippen LogP contribution in [0.5, 0.6) is 5.75 Å². The van der Waals surface area contributed by atoms with Crippen LogP contribution in [0, 0.1) is 6.92 Å². The second-order valence-corrected chi connectivity index (χ2v) is 5.03. The predicted octanol–water partition coefficient (Wildman–Crippen LogP) is 3.42. The minimum atomic E-state index is -0.324. The van der Waals surface area contributed by atoms with E-state index >= 15 is 0 Å². The Hall–Kier alpha value is -1.53. The maximum Gasteiger partial charge on any atom is 0.263 e. The van der Waals surface area contributed by atoms with Crippen molar-refractivity contribution in [3.05, 3.63) is 39.5 Å². The molecule has 1 N–H and O–H groups in total. The molecule has 0 fully saturated rings. The van der Waals surface area contributed by atoms with E-state index in [0.717, 1.165) is 0 Å². The highest BCUT2D eigenvalue weighted by molar-refractivity contribution is 9.10. The maximum atomic E-state index is 11.6. The summed E-state index contributed by atoms with van der Waals surface area (Å²) in [5, 5.41) is 6.79. The third-order valence-corrected chi connectivity index (χ3v) is 3.00. The van der Waals surface area contributed by atoms with Gasteiger partial charge in [0.25, 0.3) is 5.91 Å². The lowest BCUT2D eigenvalue weighted by molar-refractivity contribution is -0.118. The van der Waals surface area contributed by atoms with E-state index in [2.05, 4.69) is 26.4 Å². The Morgan fingerprint density at radius 2 is 2.32 bits per heavy atom. The van der Waals surface area contributed by atoms with Gasteiger partial charge < -0.3 is 14.6 Å². The molecule has 1 aromatic heterocycles. The first kappa shape index (κ1) is 13.9. The Kier molecular flexibility index (Phi) is 4.44. The number of benzene rings is 1. The molecule has 0 unspecified atom stereocenters. The van der Waals surface area contributed by atoms with Gasteiger partial charge in [0.05, 0.1) is 4.47 Å². The Labute approximate surface area is 123 Å². The van der Waals surface area contributed by atoms with Crippen molar-refractivity contribution in [3.8, 4) is 5.75 Å². The first-order valence-corrected chi connectivity index (χ1v) is 6.53. The van der Waals surface area contributed by atoms with Gasteiger partial charge in [0.2, 0.25) is 0 Å². The Balaban J connectivity index is 1.89. The van der Waals surface area contributed by atoms with Crippen molar-refractivity contribution >= 4 is 39.3 Å². The lowest BCUT2D eigenvalue weighted by Crippen LogP contribution is -2.20. The molecule has 2 aromatic rings. The van der Waals surface area contributed by atoms with Crippen molar-refractivity contribution in [2.75, 3.05) is 11.9 Å². The molecule has 0 saturated heterocycles. The van der Waals surface area contributed by atoms with Crippen molar-refractivity contribution in [2.24, 2.45) is 0 Å². The fourth-order valence-electron chi connectivity index (χ4n) is 1.34. The summed E-state index contributed by atoms with van der Waals surface area (Å²) in [7, 11) is 0. The minimum absolute atomic E-state index is 0.133. The van der Waals surface area contributed by atoms with Crippen molar-refractivity contribution in [2.45, 2.75) is 6.92 Å². The number of rotatable bonds is 4. The Morgan fingerprint density at radius 3 is 2.95 bits per heavy atom. The molecular weight excluding hydrogens is 336 g/mol. The zero-order chi connectivity index (χ0) is 13.8. The SMILES string of the molecule is Cc1cc(NC(=O)COc2ccc(Cl)cc2Br)no1. The molecule has 7 heteroatoms. The third-order valence-electron chi connectivity index (χ3n) is 2.15. The molecular formula is C12H10BrClN2O3. The topological polar surface area (TPSA) is 64.4 Å². The van der Waals surface area contributed by atoms with Gasteiger partial charge in [-0.1, -0.05) is 16.8 Å². The normalized spacial score (nSPS) is 10.3. The van der Waals surface area contributed by atoms with Crippen LogP contribution in [0.25, 0.3) is 0 Å². The number of amides is 1. The number of ether oxygens (including phenoxy) is 1. The fourth-order valence-corrected chi connectivity index (χ4v) is 2.14. The van der Waals surface area contributed by atoms with E-state index in [1.165, 1.54) is 0 Å². The van der Waals surface area contributed by atoms with Crippen LogP contribution in [0.4, 0.5) is 5.82 Å². The van der Waals surface area contributed by atoms with Crippen molar-refractivity contribution in [3.63, 3.8) is 0 Å². The summed E-state index contributed by atoms with van der Waals surface area (Å²) in [4.78, 5) is 11.6. The molecule has 0 radical (unpaired) electrons. The van der Waals surface area contributed by atoms with Gasteiger partial charge in [-0.3, -0.25) is 4.79 Å². The monoisotopic (exact) mass is 344 g/mol. The molecule has 0 aliphatic rings. The zero-order valence-electron chi connectivity index (χ0n) is 9.94. The summed E-state index contributed by atoms with van der Waals surface area (Å²) in [5.74, 6) is 1.20. The van der Waals surface area contributed by atoms with Gasteiger partial charge in [-0.05, 0) is 41.1 Å². The average molecular weight is 346 g/mol. The Bertz CT molecular complexity index is 600. The van der Waals surface area contributed by atoms with Crippen LogP contribution in [0.2, 0.25) is 5.02 Å². The molecule has 1 heterocycles. The number of carbonyl (C=O) groups is 1. The number of hydrogen-bond donors (Lipinski definition) is 1. The molecule has 2 rings (SSSR count). The van der Waals surface area contributed by atoms with Gasteiger partial charge >= 0.3 is 0 Å². The van der Waals surface area contributed by atoms with Gasteiger partial charge in [0.1, 0.15) is 11.5 Å². The number of aromatic nitrogens is 1. The molecule has 0 saturated carbocycles. The van der Waals surface area contributed by atoms with E-state index in [-0.39, 0.29) is 12.5 Å². The standard InChI is InChI=1S/C12H10BrClN2O3/c1-7-4-11(16-19-7)15-12(17)6-18-10-3-2-8(14)5-9(10)13/h2-5H,6H2,1H3,(H,15,16,17). The predicted molar refractivity (Wildman–Crippen MR) is 74.5 cm³/mol. The second-order valence-electron chi connectivity index (χ2n) is 3.73. The van der Waals surface area contributed by atoms with Crippen molar-refractivity contribution < 1.29 is 14.1 Å². The van der Waals surface area contributed by atoms with Gasteiger partial charge in [0, 0.05) is 11.1 Å². The van der Waals surface area contributed by atoms with E-state index < -0.39 is 0 Å². The van der Waals surface area contributed by atoms with Gasteiger partial charge in [-0.25, -0.2) is 0 Å². The number of nitrogens with one attached hydrogen (secondary N) is 1. The van der Waals surface area contributed by atoms with Crippen LogP contribution >= 0.6 is 27.5 Å². The molecule has 1 aromatic carbocycles. The summed E-state index contributed by atoms with van der Waals surface area (Å²) >= 11 is 9.10. The van der Waals surface area contributed by atoms with E-state index in [4.69, 9.17) is 20.9 Å². The number of aryl methyl sites for hydroxylation is 1. The number of hydrogen-bond acceptors (Lipinski definition) is 4. The van der Waals surface area contributed by atoms with Crippen LogP contribution in [-0.4, -0.2) is 17.7 Å². The van der Waals surface area contributed by atoms with Crippen molar-refractivity contribution in [1.82, 2.24) is 5.16 Å². The van der Waals surface area contributed by atoms with Crippen LogP contribution < -0.4 is 10.1 Å². The molecule has 19 heavy (non-hydrogen) atoms. The third kappa shape index (κ3) is 3.97. The van der Waals surface area contributed by atoms with E-state index in [9.17, 15) is 4.79 Å². The van der Waals surface area contributed by atoms with Gasteiger partial charge in [-0.2, -0.15) is 0 Å². The summed E-state index contributed by atoms with van der Waals surface area (Å²) in [6.07, 6.45) is 0. The quantitative estimate of drug-likeness (QED) is 0.922. The molecule has 0 bridgehead atoms. The fraction of sp³-hybridized carbons (Fsp3) is 0.167. The van der Waals surface area contributed by atoms with E-state index in [1.807, 2.05) is 0 Å². The summed E-state index contributed by atoms with van der Waals surface area (Å²) in [6, 6.07) is 6.67. The molecule has 100 valence electrons. The number of nitrogens with zero attached hydrogens (tertiary/aromatic N) is 1. The molecule has 0 spiro atoms. The molecule has 5 nitrogen and oxygen atoms in total. The Morgan fingerprint density at radius 1 is 1.53 bits per heavy atom. The smallest absolute Gasteiger partial charge is 0.263 e. The molecule has 1 amide bonds. The highest BCUT2D eigenvalue weighted by Gasteiger charge is 2.08.